The average molecular weight is 319 g/mol. The summed E-state index contributed by atoms with van der Waals surface area (Å²) < 4.78 is 32.6. The van der Waals surface area contributed by atoms with Crippen LogP contribution in [0.1, 0.15) is 31.7 Å². The first-order valence-electron chi connectivity index (χ1n) is 7.23. The summed E-state index contributed by atoms with van der Waals surface area (Å²) in [4.78, 5) is 0.241. The Balaban J connectivity index is 2.27. The third kappa shape index (κ3) is 3.60. The number of para-hydroxylation sites is 2. The maximum Gasteiger partial charge on any atom is 0.262 e. The van der Waals surface area contributed by atoms with Gasteiger partial charge >= 0.3 is 0 Å². The Morgan fingerprint density at radius 1 is 1.09 bits per heavy atom. The molecule has 0 bridgehead atoms. The van der Waals surface area contributed by atoms with Gasteiger partial charge in [0.05, 0.1) is 17.7 Å². The number of sulfonamides is 1. The van der Waals surface area contributed by atoms with Crippen molar-refractivity contribution in [2.24, 2.45) is 0 Å². The quantitative estimate of drug-likeness (QED) is 0.875. The first-order valence-corrected chi connectivity index (χ1v) is 8.72. The maximum absolute atomic E-state index is 12.5. The molecule has 1 N–H and O–H groups in total. The number of hydrogen-bond acceptors (Lipinski definition) is 3. The molecule has 1 atom stereocenters. The molecule has 4 nitrogen and oxygen atoms in total. The standard InChI is InChI=1S/C17H21NO3S/c1-4-13(2)14-9-11-15(12-10-14)22(19,20)18-16-7-5-6-8-17(16)21-3/h5-13,18H,4H2,1-3H3. The van der Waals surface area contributed by atoms with Gasteiger partial charge in [0.2, 0.25) is 0 Å². The Labute approximate surface area is 132 Å². The van der Waals surface area contributed by atoms with Gasteiger partial charge in [-0.05, 0) is 42.2 Å². The lowest BCUT2D eigenvalue weighted by atomic mass is 9.99. The molecule has 2 aromatic carbocycles. The second kappa shape index (κ2) is 6.83. The second-order valence-electron chi connectivity index (χ2n) is 5.18. The molecule has 0 aliphatic heterocycles. The maximum atomic E-state index is 12.5. The summed E-state index contributed by atoms with van der Waals surface area (Å²) in [5.41, 5.74) is 1.56. The highest BCUT2D eigenvalue weighted by Crippen LogP contribution is 2.27. The van der Waals surface area contributed by atoms with Crippen LogP contribution >= 0.6 is 0 Å². The Morgan fingerprint density at radius 2 is 1.73 bits per heavy atom. The molecule has 0 heterocycles. The van der Waals surface area contributed by atoms with Crippen LogP contribution in [0.15, 0.2) is 53.4 Å². The number of anilines is 1. The number of hydrogen-bond donors (Lipinski definition) is 1. The van der Waals surface area contributed by atoms with Crippen LogP contribution in [0.2, 0.25) is 0 Å². The van der Waals surface area contributed by atoms with Crippen LogP contribution in [0.5, 0.6) is 5.75 Å². The molecule has 0 fully saturated rings. The summed E-state index contributed by atoms with van der Waals surface area (Å²) in [6, 6.07) is 13.9. The van der Waals surface area contributed by atoms with E-state index in [-0.39, 0.29) is 4.90 Å². The molecule has 2 rings (SSSR count). The number of rotatable bonds is 6. The minimum absolute atomic E-state index is 0.241. The van der Waals surface area contributed by atoms with Gasteiger partial charge in [0.15, 0.2) is 0 Å². The SMILES string of the molecule is CCC(C)c1ccc(S(=O)(=O)Nc2ccccc2OC)cc1. The number of nitrogens with one attached hydrogen (secondary N) is 1. The van der Waals surface area contributed by atoms with Gasteiger partial charge in [-0.15, -0.1) is 0 Å². The molecule has 5 heteroatoms. The molecule has 0 aliphatic rings. The first-order chi connectivity index (χ1) is 10.5. The van der Waals surface area contributed by atoms with E-state index in [1.165, 1.54) is 7.11 Å². The molecule has 0 aliphatic carbocycles. The zero-order valence-electron chi connectivity index (χ0n) is 13.0. The number of methoxy groups -OCH3 is 1. The Kier molecular flexibility index (Phi) is 5.08. The van der Waals surface area contributed by atoms with Crippen molar-refractivity contribution in [3.8, 4) is 5.75 Å². The summed E-state index contributed by atoms with van der Waals surface area (Å²) >= 11 is 0. The summed E-state index contributed by atoms with van der Waals surface area (Å²) in [6.07, 6.45) is 1.02. The smallest absolute Gasteiger partial charge is 0.262 e. The van der Waals surface area contributed by atoms with Crippen molar-refractivity contribution in [2.45, 2.75) is 31.1 Å². The van der Waals surface area contributed by atoms with Gasteiger partial charge in [0.25, 0.3) is 10.0 Å². The van der Waals surface area contributed by atoms with Crippen molar-refractivity contribution in [3.63, 3.8) is 0 Å². The Hall–Kier alpha value is -2.01. The van der Waals surface area contributed by atoms with Crippen molar-refractivity contribution in [3.05, 3.63) is 54.1 Å². The largest absolute Gasteiger partial charge is 0.495 e. The Morgan fingerprint density at radius 3 is 2.32 bits per heavy atom. The van der Waals surface area contributed by atoms with Crippen LogP contribution in [0.25, 0.3) is 0 Å². The molecule has 0 saturated carbocycles. The van der Waals surface area contributed by atoms with E-state index in [0.717, 1.165) is 12.0 Å². The zero-order valence-corrected chi connectivity index (χ0v) is 13.9. The van der Waals surface area contributed by atoms with E-state index < -0.39 is 10.0 Å². The van der Waals surface area contributed by atoms with E-state index in [9.17, 15) is 8.42 Å². The fourth-order valence-electron chi connectivity index (χ4n) is 2.14. The van der Waals surface area contributed by atoms with Gasteiger partial charge < -0.3 is 4.74 Å². The summed E-state index contributed by atoms with van der Waals surface area (Å²) in [5, 5.41) is 0. The van der Waals surface area contributed by atoms with Gasteiger partial charge in [0.1, 0.15) is 5.75 Å². The molecule has 0 spiro atoms. The number of ether oxygens (including phenoxy) is 1. The van der Waals surface area contributed by atoms with Crippen LogP contribution in [0, 0.1) is 0 Å². The average Bonchev–Trinajstić information content (AvgIpc) is 2.54. The molecule has 1 unspecified atom stereocenters. The van der Waals surface area contributed by atoms with Crippen LogP contribution < -0.4 is 9.46 Å². The summed E-state index contributed by atoms with van der Waals surface area (Å²) in [6.45, 7) is 4.23. The summed E-state index contributed by atoms with van der Waals surface area (Å²) in [7, 11) is -2.12. The highest BCUT2D eigenvalue weighted by atomic mass is 32.2. The molecule has 2 aromatic rings. The van der Waals surface area contributed by atoms with Crippen LogP contribution in [0.3, 0.4) is 0 Å². The lowest BCUT2D eigenvalue weighted by Gasteiger charge is -2.13. The molecular formula is C17H21NO3S. The van der Waals surface area contributed by atoms with Crippen molar-refractivity contribution in [1.82, 2.24) is 0 Å². The minimum atomic E-state index is -3.63. The lowest BCUT2D eigenvalue weighted by Crippen LogP contribution is -2.13. The number of benzene rings is 2. The van der Waals surface area contributed by atoms with E-state index in [1.54, 1.807) is 36.4 Å². The van der Waals surface area contributed by atoms with E-state index in [2.05, 4.69) is 18.6 Å². The Bertz CT molecular complexity index is 724. The summed E-state index contributed by atoms with van der Waals surface area (Å²) in [5.74, 6) is 0.904. The molecule has 118 valence electrons. The van der Waals surface area contributed by atoms with Gasteiger partial charge in [-0.1, -0.05) is 38.1 Å². The molecule has 0 radical (unpaired) electrons. The highest BCUT2D eigenvalue weighted by molar-refractivity contribution is 7.92. The van der Waals surface area contributed by atoms with E-state index in [4.69, 9.17) is 4.74 Å². The second-order valence-corrected chi connectivity index (χ2v) is 6.87. The van der Waals surface area contributed by atoms with Crippen molar-refractivity contribution in [2.75, 3.05) is 11.8 Å². The fourth-order valence-corrected chi connectivity index (χ4v) is 3.21. The van der Waals surface area contributed by atoms with Crippen molar-refractivity contribution in [1.29, 1.82) is 0 Å². The molecule has 22 heavy (non-hydrogen) atoms. The van der Waals surface area contributed by atoms with Gasteiger partial charge in [0, 0.05) is 0 Å². The molecule has 0 amide bonds. The third-order valence-electron chi connectivity index (χ3n) is 3.72. The zero-order chi connectivity index (χ0) is 16.2. The topological polar surface area (TPSA) is 55.4 Å². The molecule has 0 saturated heterocycles. The molecular weight excluding hydrogens is 298 g/mol. The monoisotopic (exact) mass is 319 g/mol. The minimum Gasteiger partial charge on any atom is -0.495 e. The van der Waals surface area contributed by atoms with Gasteiger partial charge in [-0.2, -0.15) is 0 Å². The van der Waals surface area contributed by atoms with E-state index in [0.29, 0.717) is 17.4 Å². The van der Waals surface area contributed by atoms with E-state index >= 15 is 0 Å². The first kappa shape index (κ1) is 16.4. The molecule has 0 aromatic heterocycles. The van der Waals surface area contributed by atoms with Crippen molar-refractivity contribution < 1.29 is 13.2 Å². The van der Waals surface area contributed by atoms with Crippen molar-refractivity contribution >= 4 is 15.7 Å². The predicted octanol–water partition coefficient (Wildman–Crippen LogP) is 4.01. The third-order valence-corrected chi connectivity index (χ3v) is 5.10. The van der Waals surface area contributed by atoms with Crippen LogP contribution in [-0.4, -0.2) is 15.5 Å². The normalized spacial score (nSPS) is 12.7. The van der Waals surface area contributed by atoms with Crippen LogP contribution in [-0.2, 0) is 10.0 Å². The fraction of sp³-hybridized carbons (Fsp3) is 0.294. The van der Waals surface area contributed by atoms with Gasteiger partial charge in [-0.25, -0.2) is 8.42 Å². The van der Waals surface area contributed by atoms with Crippen LogP contribution in [0.4, 0.5) is 5.69 Å². The predicted molar refractivity (Wildman–Crippen MR) is 89.0 cm³/mol. The van der Waals surface area contributed by atoms with Gasteiger partial charge in [-0.3, -0.25) is 4.72 Å². The lowest BCUT2D eigenvalue weighted by molar-refractivity contribution is 0.417. The highest BCUT2D eigenvalue weighted by Gasteiger charge is 2.16. The van der Waals surface area contributed by atoms with E-state index in [1.807, 2.05) is 12.1 Å².